The van der Waals surface area contributed by atoms with E-state index in [1.807, 2.05) is 26.0 Å². The van der Waals surface area contributed by atoms with Crippen molar-refractivity contribution in [1.29, 1.82) is 0 Å². The van der Waals surface area contributed by atoms with E-state index in [9.17, 15) is 4.79 Å². The average Bonchev–Trinajstić information content (AvgIpc) is 2.22. The summed E-state index contributed by atoms with van der Waals surface area (Å²) in [7, 11) is 1.62. The first-order valence-electron chi connectivity index (χ1n) is 5.18. The lowest BCUT2D eigenvalue weighted by Gasteiger charge is -2.14. The van der Waals surface area contributed by atoms with E-state index in [1.54, 1.807) is 14.0 Å². The number of nitrogens with two attached hydrogens (primary N) is 1. The Bertz CT molecular complexity index is 400. The molecule has 0 bridgehead atoms. The van der Waals surface area contributed by atoms with Gasteiger partial charge in [-0.1, -0.05) is 6.07 Å². The molecule has 0 aliphatic heterocycles. The Labute approximate surface area is 95.8 Å². The maximum Gasteiger partial charge on any atom is 0.241 e. The van der Waals surface area contributed by atoms with E-state index in [1.165, 1.54) is 0 Å². The average molecular weight is 222 g/mol. The second-order valence-corrected chi connectivity index (χ2v) is 3.87. The Hall–Kier alpha value is -1.55. The van der Waals surface area contributed by atoms with Gasteiger partial charge in [-0.2, -0.15) is 0 Å². The van der Waals surface area contributed by atoms with E-state index in [2.05, 4.69) is 5.32 Å². The molecule has 4 nitrogen and oxygen atoms in total. The van der Waals surface area contributed by atoms with Gasteiger partial charge in [0.15, 0.2) is 0 Å². The zero-order valence-electron chi connectivity index (χ0n) is 10.1. The molecule has 0 saturated carbocycles. The molecule has 0 aliphatic rings. The normalized spacial score (nSPS) is 12.1. The van der Waals surface area contributed by atoms with Gasteiger partial charge in [0.05, 0.1) is 13.2 Å². The Balaban J connectivity index is 3.03. The number of anilines is 1. The van der Waals surface area contributed by atoms with Gasteiger partial charge in [0.2, 0.25) is 5.91 Å². The molecule has 1 amide bonds. The van der Waals surface area contributed by atoms with Gasteiger partial charge in [0.25, 0.3) is 0 Å². The molecule has 0 unspecified atom stereocenters. The van der Waals surface area contributed by atoms with Crippen molar-refractivity contribution in [3.05, 3.63) is 23.3 Å². The number of aryl methyl sites for hydroxylation is 1. The molecule has 16 heavy (non-hydrogen) atoms. The third-order valence-corrected chi connectivity index (χ3v) is 2.48. The molecule has 1 atom stereocenters. The van der Waals surface area contributed by atoms with Gasteiger partial charge in [-0.3, -0.25) is 4.79 Å². The number of carbonyl (C=O) groups is 1. The lowest BCUT2D eigenvalue weighted by Crippen LogP contribution is -2.32. The fourth-order valence-electron chi connectivity index (χ4n) is 1.52. The summed E-state index contributed by atoms with van der Waals surface area (Å²) < 4.78 is 5.28. The number of hydrogen-bond donors (Lipinski definition) is 2. The summed E-state index contributed by atoms with van der Waals surface area (Å²) in [5.74, 6) is 0.594. The second-order valence-electron chi connectivity index (χ2n) is 3.87. The number of nitrogens with one attached hydrogen (secondary N) is 1. The van der Waals surface area contributed by atoms with Crippen LogP contribution in [0.1, 0.15) is 18.1 Å². The van der Waals surface area contributed by atoms with E-state index >= 15 is 0 Å². The first-order chi connectivity index (χ1) is 7.47. The number of methoxy groups -OCH3 is 1. The monoisotopic (exact) mass is 222 g/mol. The smallest absolute Gasteiger partial charge is 0.241 e. The summed E-state index contributed by atoms with van der Waals surface area (Å²) in [4.78, 5) is 11.5. The fourth-order valence-corrected chi connectivity index (χ4v) is 1.52. The van der Waals surface area contributed by atoms with E-state index in [0.717, 1.165) is 22.6 Å². The minimum Gasteiger partial charge on any atom is -0.496 e. The summed E-state index contributed by atoms with van der Waals surface area (Å²) in [5.41, 5.74) is 8.19. The maximum absolute atomic E-state index is 11.5. The molecule has 88 valence electrons. The first kappa shape index (κ1) is 12.5. The predicted octanol–water partition coefficient (Wildman–Crippen LogP) is 1.60. The van der Waals surface area contributed by atoms with Crippen LogP contribution >= 0.6 is 0 Å². The molecule has 0 aromatic heterocycles. The van der Waals surface area contributed by atoms with Crippen LogP contribution in [0.5, 0.6) is 5.75 Å². The molecule has 0 aliphatic carbocycles. The van der Waals surface area contributed by atoms with Gasteiger partial charge in [0.1, 0.15) is 5.75 Å². The molecule has 1 aromatic rings. The fraction of sp³-hybridized carbons (Fsp3) is 0.417. The van der Waals surface area contributed by atoms with Crippen molar-refractivity contribution in [3.8, 4) is 5.75 Å². The minimum absolute atomic E-state index is 0.200. The lowest BCUT2D eigenvalue weighted by atomic mass is 10.1. The lowest BCUT2D eigenvalue weighted by molar-refractivity contribution is -0.117. The van der Waals surface area contributed by atoms with E-state index in [4.69, 9.17) is 10.5 Å². The second kappa shape index (κ2) is 4.99. The number of ether oxygens (including phenoxy) is 1. The Kier molecular flexibility index (Phi) is 3.90. The SMILES string of the molecule is COc1c(C)ccc(NC(=O)[C@H](C)N)c1C. The summed E-state index contributed by atoms with van der Waals surface area (Å²) in [5, 5.41) is 2.77. The molecule has 1 rings (SSSR count). The highest BCUT2D eigenvalue weighted by atomic mass is 16.5. The third kappa shape index (κ3) is 2.52. The van der Waals surface area contributed by atoms with Crippen molar-refractivity contribution in [1.82, 2.24) is 0 Å². The van der Waals surface area contributed by atoms with Crippen LogP contribution in [0.3, 0.4) is 0 Å². The van der Waals surface area contributed by atoms with Gasteiger partial charge < -0.3 is 15.8 Å². The van der Waals surface area contributed by atoms with Crippen molar-refractivity contribution in [2.45, 2.75) is 26.8 Å². The van der Waals surface area contributed by atoms with Gasteiger partial charge in [-0.05, 0) is 32.4 Å². The Morgan fingerprint density at radius 2 is 2.06 bits per heavy atom. The van der Waals surface area contributed by atoms with E-state index in [-0.39, 0.29) is 5.91 Å². The largest absolute Gasteiger partial charge is 0.496 e. The van der Waals surface area contributed by atoms with Crippen LogP contribution in [0, 0.1) is 13.8 Å². The van der Waals surface area contributed by atoms with Crippen LogP contribution in [0.25, 0.3) is 0 Å². The van der Waals surface area contributed by atoms with Gasteiger partial charge in [-0.25, -0.2) is 0 Å². The van der Waals surface area contributed by atoms with Crippen LogP contribution in [-0.4, -0.2) is 19.1 Å². The molecular weight excluding hydrogens is 204 g/mol. The van der Waals surface area contributed by atoms with E-state index < -0.39 is 6.04 Å². The van der Waals surface area contributed by atoms with Crippen molar-refractivity contribution in [2.24, 2.45) is 5.73 Å². The van der Waals surface area contributed by atoms with Crippen molar-refractivity contribution >= 4 is 11.6 Å². The van der Waals surface area contributed by atoms with Gasteiger partial charge >= 0.3 is 0 Å². The van der Waals surface area contributed by atoms with Crippen molar-refractivity contribution in [3.63, 3.8) is 0 Å². The zero-order valence-corrected chi connectivity index (χ0v) is 10.1. The quantitative estimate of drug-likeness (QED) is 0.816. The van der Waals surface area contributed by atoms with E-state index in [0.29, 0.717) is 0 Å². The predicted molar refractivity (Wildman–Crippen MR) is 64.7 cm³/mol. The number of amides is 1. The molecule has 0 heterocycles. The zero-order chi connectivity index (χ0) is 12.3. The van der Waals surface area contributed by atoms with Gasteiger partial charge in [0, 0.05) is 11.3 Å². The highest BCUT2D eigenvalue weighted by molar-refractivity contribution is 5.95. The number of hydrogen-bond acceptors (Lipinski definition) is 3. The Morgan fingerprint density at radius 3 is 2.56 bits per heavy atom. The molecule has 0 fully saturated rings. The summed E-state index contributed by atoms with van der Waals surface area (Å²) in [6.07, 6.45) is 0. The molecule has 1 aromatic carbocycles. The minimum atomic E-state index is -0.522. The maximum atomic E-state index is 11.5. The van der Waals surface area contributed by atoms with Crippen LogP contribution in [0.4, 0.5) is 5.69 Å². The number of rotatable bonds is 3. The van der Waals surface area contributed by atoms with Crippen LogP contribution in [0.2, 0.25) is 0 Å². The molecular formula is C12H18N2O2. The molecule has 0 spiro atoms. The highest BCUT2D eigenvalue weighted by Gasteiger charge is 2.12. The van der Waals surface area contributed by atoms with Crippen LogP contribution in [0.15, 0.2) is 12.1 Å². The summed E-state index contributed by atoms with van der Waals surface area (Å²) >= 11 is 0. The van der Waals surface area contributed by atoms with Crippen LogP contribution in [-0.2, 0) is 4.79 Å². The highest BCUT2D eigenvalue weighted by Crippen LogP contribution is 2.29. The number of carbonyl (C=O) groups excluding carboxylic acids is 1. The first-order valence-corrected chi connectivity index (χ1v) is 5.18. The molecule has 4 heteroatoms. The van der Waals surface area contributed by atoms with Crippen molar-refractivity contribution in [2.75, 3.05) is 12.4 Å². The Morgan fingerprint density at radius 1 is 1.44 bits per heavy atom. The van der Waals surface area contributed by atoms with Gasteiger partial charge in [-0.15, -0.1) is 0 Å². The molecule has 3 N–H and O–H groups in total. The topological polar surface area (TPSA) is 64.3 Å². The summed E-state index contributed by atoms with van der Waals surface area (Å²) in [6.45, 7) is 5.52. The third-order valence-electron chi connectivity index (χ3n) is 2.48. The van der Waals surface area contributed by atoms with Crippen molar-refractivity contribution < 1.29 is 9.53 Å². The standard InChI is InChI=1S/C12H18N2O2/c1-7-5-6-10(8(2)11(7)16-4)14-12(15)9(3)13/h5-6,9H,13H2,1-4H3,(H,14,15)/t9-/m0/s1. The van der Waals surface area contributed by atoms with Crippen LogP contribution < -0.4 is 15.8 Å². The molecule has 0 radical (unpaired) electrons. The molecule has 0 saturated heterocycles. The summed E-state index contributed by atoms with van der Waals surface area (Å²) in [6, 6.07) is 3.24. The number of benzene rings is 1.